The lowest BCUT2D eigenvalue weighted by Crippen LogP contribution is -2.38. The summed E-state index contributed by atoms with van der Waals surface area (Å²) in [7, 11) is 3.92. The van der Waals surface area contributed by atoms with Crippen LogP contribution in [0.5, 0.6) is 0 Å². The Kier molecular flexibility index (Phi) is 5.39. The van der Waals surface area contributed by atoms with Crippen LogP contribution in [-0.4, -0.2) is 54.4 Å². The van der Waals surface area contributed by atoms with Crippen LogP contribution in [0.1, 0.15) is 23.3 Å². The summed E-state index contributed by atoms with van der Waals surface area (Å²) in [4.78, 5) is 20.6. The third-order valence-electron chi connectivity index (χ3n) is 3.91. The van der Waals surface area contributed by atoms with Gasteiger partial charge in [-0.2, -0.15) is 0 Å². The van der Waals surface area contributed by atoms with Crippen LogP contribution in [0.2, 0.25) is 5.02 Å². The predicted molar refractivity (Wildman–Crippen MR) is 84.2 cm³/mol. The summed E-state index contributed by atoms with van der Waals surface area (Å²) in [6.07, 6.45) is 2.22. The molecule has 3 N–H and O–H groups in total. The van der Waals surface area contributed by atoms with Gasteiger partial charge in [0.1, 0.15) is 11.5 Å². The number of rotatable bonds is 4. The van der Waals surface area contributed by atoms with Gasteiger partial charge in [0, 0.05) is 13.6 Å². The zero-order valence-electron chi connectivity index (χ0n) is 12.5. The molecule has 0 unspecified atom stereocenters. The molecule has 1 saturated heterocycles. The van der Waals surface area contributed by atoms with Gasteiger partial charge in [-0.1, -0.05) is 11.6 Å². The molecular weight excluding hydrogens is 290 g/mol. The molecule has 1 aliphatic heterocycles. The van der Waals surface area contributed by atoms with E-state index < -0.39 is 0 Å². The number of pyridine rings is 1. The van der Waals surface area contributed by atoms with Gasteiger partial charge in [0.25, 0.3) is 5.91 Å². The standard InChI is InChI=1S/C14H22ClN5O/c1-19-7-5-10(6-8-19)9-20(2)14(21)13-11(15)3-4-12(17-13)18-16/h3-4,10H,5-9,16H2,1-2H3,(H,17,18). The largest absolute Gasteiger partial charge is 0.340 e. The first-order chi connectivity index (χ1) is 10.0. The van der Waals surface area contributed by atoms with Crippen molar-refractivity contribution in [3.63, 3.8) is 0 Å². The number of piperidine rings is 1. The fourth-order valence-electron chi connectivity index (χ4n) is 2.57. The molecule has 0 atom stereocenters. The van der Waals surface area contributed by atoms with Crippen LogP contribution in [0, 0.1) is 5.92 Å². The molecule has 0 bridgehead atoms. The normalized spacial score (nSPS) is 16.8. The van der Waals surface area contributed by atoms with Crippen molar-refractivity contribution in [3.8, 4) is 0 Å². The van der Waals surface area contributed by atoms with E-state index in [-0.39, 0.29) is 11.6 Å². The molecule has 1 fully saturated rings. The first kappa shape index (κ1) is 16.0. The molecule has 2 rings (SSSR count). The maximum Gasteiger partial charge on any atom is 0.273 e. The summed E-state index contributed by atoms with van der Waals surface area (Å²) in [5, 5.41) is 0.342. The maximum atomic E-state index is 12.5. The first-order valence-corrected chi connectivity index (χ1v) is 7.46. The maximum absolute atomic E-state index is 12.5. The second-order valence-corrected chi connectivity index (χ2v) is 6.01. The number of nitrogens with zero attached hydrogens (tertiary/aromatic N) is 3. The lowest BCUT2D eigenvalue weighted by Gasteiger charge is -2.31. The summed E-state index contributed by atoms with van der Waals surface area (Å²) < 4.78 is 0. The van der Waals surface area contributed by atoms with Crippen molar-refractivity contribution in [3.05, 3.63) is 22.8 Å². The molecule has 1 aliphatic rings. The number of hydrogen-bond acceptors (Lipinski definition) is 5. The highest BCUT2D eigenvalue weighted by molar-refractivity contribution is 6.33. The van der Waals surface area contributed by atoms with Gasteiger partial charge in [0.2, 0.25) is 0 Å². The first-order valence-electron chi connectivity index (χ1n) is 7.08. The zero-order valence-corrected chi connectivity index (χ0v) is 13.2. The molecule has 0 aromatic carbocycles. The molecule has 7 heteroatoms. The number of aromatic nitrogens is 1. The second kappa shape index (κ2) is 7.06. The minimum Gasteiger partial charge on any atom is -0.340 e. The fraction of sp³-hybridized carbons (Fsp3) is 0.571. The van der Waals surface area contributed by atoms with Gasteiger partial charge in [-0.3, -0.25) is 4.79 Å². The van der Waals surface area contributed by atoms with Crippen molar-refractivity contribution in [1.29, 1.82) is 0 Å². The summed E-state index contributed by atoms with van der Waals surface area (Å²) >= 11 is 6.07. The molecule has 1 aromatic heterocycles. The topological polar surface area (TPSA) is 74.5 Å². The Morgan fingerprint density at radius 3 is 2.81 bits per heavy atom. The molecule has 0 aliphatic carbocycles. The van der Waals surface area contributed by atoms with Crippen LogP contribution in [0.25, 0.3) is 0 Å². The van der Waals surface area contributed by atoms with E-state index in [0.717, 1.165) is 32.5 Å². The van der Waals surface area contributed by atoms with Crippen molar-refractivity contribution >= 4 is 23.3 Å². The highest BCUT2D eigenvalue weighted by Crippen LogP contribution is 2.20. The molecule has 1 aromatic rings. The van der Waals surface area contributed by atoms with E-state index in [9.17, 15) is 4.79 Å². The molecule has 116 valence electrons. The summed E-state index contributed by atoms with van der Waals surface area (Å²) in [6.45, 7) is 2.89. The number of nitrogens with one attached hydrogen (secondary N) is 1. The molecule has 6 nitrogen and oxygen atoms in total. The Morgan fingerprint density at radius 1 is 1.52 bits per heavy atom. The number of nitrogens with two attached hydrogens (primary N) is 1. The van der Waals surface area contributed by atoms with E-state index in [0.29, 0.717) is 16.8 Å². The van der Waals surface area contributed by atoms with Gasteiger partial charge in [-0.15, -0.1) is 0 Å². The molecule has 2 heterocycles. The van der Waals surface area contributed by atoms with E-state index in [1.165, 1.54) is 0 Å². The lowest BCUT2D eigenvalue weighted by molar-refractivity contribution is 0.0742. The molecule has 0 spiro atoms. The van der Waals surface area contributed by atoms with Crippen LogP contribution >= 0.6 is 11.6 Å². The molecule has 0 saturated carbocycles. The highest BCUT2D eigenvalue weighted by Gasteiger charge is 2.23. The van der Waals surface area contributed by atoms with Gasteiger partial charge in [0.15, 0.2) is 0 Å². The van der Waals surface area contributed by atoms with Crippen molar-refractivity contribution in [2.45, 2.75) is 12.8 Å². The Labute approximate surface area is 130 Å². The quantitative estimate of drug-likeness (QED) is 0.650. The van der Waals surface area contributed by atoms with Gasteiger partial charge in [-0.25, -0.2) is 10.8 Å². The summed E-state index contributed by atoms with van der Waals surface area (Å²) in [6, 6.07) is 3.26. The third kappa shape index (κ3) is 4.06. The molecule has 0 radical (unpaired) electrons. The van der Waals surface area contributed by atoms with Crippen LogP contribution in [0.3, 0.4) is 0 Å². The Hall–Kier alpha value is -1.37. The second-order valence-electron chi connectivity index (χ2n) is 5.60. The van der Waals surface area contributed by atoms with Gasteiger partial charge >= 0.3 is 0 Å². The zero-order chi connectivity index (χ0) is 15.4. The molecule has 1 amide bonds. The number of carbonyl (C=O) groups excluding carboxylic acids is 1. The van der Waals surface area contributed by atoms with Crippen molar-refractivity contribution < 1.29 is 4.79 Å². The van der Waals surface area contributed by atoms with Crippen LogP contribution in [0.15, 0.2) is 12.1 Å². The van der Waals surface area contributed by atoms with Crippen molar-refractivity contribution in [2.24, 2.45) is 11.8 Å². The average Bonchev–Trinajstić information content (AvgIpc) is 2.49. The Balaban J connectivity index is 2.02. The third-order valence-corrected chi connectivity index (χ3v) is 4.22. The minimum atomic E-state index is -0.170. The minimum absolute atomic E-state index is 0.170. The monoisotopic (exact) mass is 311 g/mol. The number of amides is 1. The van der Waals surface area contributed by atoms with Gasteiger partial charge in [0.05, 0.1) is 5.02 Å². The number of hydrazine groups is 1. The van der Waals surface area contributed by atoms with E-state index in [2.05, 4.69) is 22.4 Å². The van der Waals surface area contributed by atoms with Crippen LogP contribution in [0.4, 0.5) is 5.82 Å². The number of halogens is 1. The molecule has 21 heavy (non-hydrogen) atoms. The van der Waals surface area contributed by atoms with Crippen molar-refractivity contribution in [2.75, 3.05) is 39.2 Å². The van der Waals surface area contributed by atoms with Crippen molar-refractivity contribution in [1.82, 2.24) is 14.8 Å². The van der Waals surface area contributed by atoms with Crippen LogP contribution in [-0.2, 0) is 0 Å². The number of carbonyl (C=O) groups is 1. The van der Waals surface area contributed by atoms with Gasteiger partial charge < -0.3 is 15.2 Å². The summed E-state index contributed by atoms with van der Waals surface area (Å²) in [5.74, 6) is 6.11. The number of likely N-dealkylation sites (tertiary alicyclic amines) is 1. The summed E-state index contributed by atoms with van der Waals surface area (Å²) in [5.41, 5.74) is 2.67. The lowest BCUT2D eigenvalue weighted by atomic mass is 9.96. The number of nitrogen functional groups attached to an aromatic ring is 1. The van der Waals surface area contributed by atoms with Gasteiger partial charge in [-0.05, 0) is 51.0 Å². The van der Waals surface area contributed by atoms with E-state index in [4.69, 9.17) is 17.4 Å². The average molecular weight is 312 g/mol. The van der Waals surface area contributed by atoms with E-state index in [1.807, 2.05) is 0 Å². The Bertz CT molecular complexity index is 502. The van der Waals surface area contributed by atoms with Crippen LogP contribution < -0.4 is 11.3 Å². The number of anilines is 1. The molecular formula is C14H22ClN5O. The number of hydrogen-bond donors (Lipinski definition) is 2. The predicted octanol–water partition coefficient (Wildman–Crippen LogP) is 1.43. The van der Waals surface area contributed by atoms with E-state index >= 15 is 0 Å². The SMILES string of the molecule is CN1CCC(CN(C)C(=O)c2nc(NN)ccc2Cl)CC1. The fourth-order valence-corrected chi connectivity index (χ4v) is 2.75. The van der Waals surface area contributed by atoms with E-state index in [1.54, 1.807) is 24.1 Å². The smallest absolute Gasteiger partial charge is 0.273 e. The Morgan fingerprint density at radius 2 is 2.19 bits per heavy atom. The highest BCUT2D eigenvalue weighted by atomic mass is 35.5.